The third-order valence-corrected chi connectivity index (χ3v) is 7.01. The van der Waals surface area contributed by atoms with E-state index < -0.39 is 87.2 Å². The van der Waals surface area contributed by atoms with Crippen LogP contribution < -0.4 is 10.0 Å². The number of carbonyl (C=O) groups excluding carboxylic acids is 2. The van der Waals surface area contributed by atoms with Crippen molar-refractivity contribution in [3.8, 4) is 0 Å². The Kier molecular flexibility index (Phi) is 8.36. The Morgan fingerprint density at radius 3 is 2.35 bits per heavy atom. The van der Waals surface area contributed by atoms with E-state index in [-0.39, 0.29) is 0 Å². The lowest BCUT2D eigenvalue weighted by Crippen LogP contribution is -2.64. The largest absolute Gasteiger partial charge is 0.467 e. The molecule has 0 spiro atoms. The normalized spacial score (nSPS) is 26.7. The average Bonchev–Trinajstić information content (AvgIpc) is 2.73. The van der Waals surface area contributed by atoms with Crippen molar-refractivity contribution in [1.29, 1.82) is 0 Å². The Morgan fingerprint density at radius 2 is 1.82 bits per heavy atom. The summed E-state index contributed by atoms with van der Waals surface area (Å²) in [5.41, 5.74) is -3.64. The number of esters is 1. The van der Waals surface area contributed by atoms with Crippen molar-refractivity contribution in [3.05, 3.63) is 29.8 Å². The summed E-state index contributed by atoms with van der Waals surface area (Å²) in [6, 6.07) is 0.0303. The molecule has 1 fully saturated rings. The zero-order valence-electron chi connectivity index (χ0n) is 18.5. The van der Waals surface area contributed by atoms with Gasteiger partial charge in [0.1, 0.15) is 11.6 Å². The number of alkyl halides is 3. The summed E-state index contributed by atoms with van der Waals surface area (Å²) in [5.74, 6) is -2.37. The smallest absolute Gasteiger partial charge is 0.416 e. The maximum absolute atomic E-state index is 13.0. The number of sulfonamides is 1. The number of aliphatic hydroxyl groups is 3. The summed E-state index contributed by atoms with van der Waals surface area (Å²) < 4.78 is 70.8. The first-order valence-corrected chi connectivity index (χ1v) is 11.7. The first kappa shape index (κ1) is 28.0. The van der Waals surface area contributed by atoms with Crippen LogP contribution in [0, 0.1) is 5.92 Å². The Morgan fingerprint density at radius 1 is 1.21 bits per heavy atom. The van der Waals surface area contributed by atoms with E-state index in [1.165, 1.54) is 0 Å². The van der Waals surface area contributed by atoms with Crippen LogP contribution >= 0.6 is 0 Å². The number of benzene rings is 1. The van der Waals surface area contributed by atoms with E-state index in [1.54, 1.807) is 13.8 Å². The van der Waals surface area contributed by atoms with Crippen LogP contribution in [0.1, 0.15) is 32.3 Å². The van der Waals surface area contributed by atoms with E-state index in [2.05, 4.69) is 10.1 Å². The Hall–Kier alpha value is -2.26. The lowest BCUT2D eigenvalue weighted by Gasteiger charge is -2.41. The van der Waals surface area contributed by atoms with Gasteiger partial charge in [-0.1, -0.05) is 19.9 Å². The highest BCUT2D eigenvalue weighted by atomic mass is 32.2. The molecule has 0 unspecified atom stereocenters. The minimum Gasteiger partial charge on any atom is -0.467 e. The minimum absolute atomic E-state index is 0.385. The van der Waals surface area contributed by atoms with E-state index in [0.717, 1.165) is 19.2 Å². The molecule has 10 nitrogen and oxygen atoms in total. The summed E-state index contributed by atoms with van der Waals surface area (Å²) in [6.45, 7) is 3.19. The highest BCUT2D eigenvalue weighted by Crippen LogP contribution is 2.33. The van der Waals surface area contributed by atoms with Gasteiger partial charge in [-0.05, 0) is 24.1 Å². The molecule has 1 aromatic carbocycles. The topological polar surface area (TPSA) is 162 Å². The first-order valence-electron chi connectivity index (χ1n) is 10.2. The second kappa shape index (κ2) is 10.2. The Bertz CT molecular complexity index is 1020. The molecular formula is C20H27F3N2O8S. The van der Waals surface area contributed by atoms with Gasteiger partial charge in [-0.3, -0.25) is 4.79 Å². The van der Waals surface area contributed by atoms with Gasteiger partial charge in [0.15, 0.2) is 0 Å². The first-order chi connectivity index (χ1) is 15.5. The molecule has 34 heavy (non-hydrogen) atoms. The number of halogens is 3. The summed E-state index contributed by atoms with van der Waals surface area (Å²) >= 11 is 0. The van der Waals surface area contributed by atoms with Gasteiger partial charge in [-0.25, -0.2) is 17.9 Å². The highest BCUT2D eigenvalue weighted by Gasteiger charge is 2.50. The van der Waals surface area contributed by atoms with Crippen LogP contribution in [0.2, 0.25) is 0 Å². The van der Waals surface area contributed by atoms with Gasteiger partial charge in [0.05, 0.1) is 35.8 Å². The van der Waals surface area contributed by atoms with E-state index in [4.69, 9.17) is 0 Å². The second-order valence-electron chi connectivity index (χ2n) is 8.47. The number of methoxy groups -OCH3 is 1. The minimum atomic E-state index is -4.81. The van der Waals surface area contributed by atoms with Crippen molar-refractivity contribution in [2.75, 3.05) is 7.11 Å². The van der Waals surface area contributed by atoms with Gasteiger partial charge in [-0.15, -0.1) is 0 Å². The molecule has 0 bridgehead atoms. The summed E-state index contributed by atoms with van der Waals surface area (Å²) in [4.78, 5) is 23.9. The van der Waals surface area contributed by atoms with Crippen LogP contribution in [0.4, 0.5) is 13.2 Å². The third kappa shape index (κ3) is 6.24. The zero-order valence-corrected chi connectivity index (χ0v) is 19.4. The van der Waals surface area contributed by atoms with Crippen LogP contribution in [-0.2, 0) is 30.5 Å². The molecule has 5 N–H and O–H groups in total. The molecule has 0 aliphatic heterocycles. The summed E-state index contributed by atoms with van der Waals surface area (Å²) in [5, 5.41) is 33.6. The quantitative estimate of drug-likeness (QED) is 0.317. The number of carbonyl (C=O) groups is 2. The SMILES string of the molecule is COC(=O)[C@H](NC(=O)[C@]1(O)C[C@@H](O)[C@H](O)[C@@H](NS(=O)(=O)c2cccc(C(F)(F)F)c2)C1)C(C)C. The fourth-order valence-electron chi connectivity index (χ4n) is 3.61. The van der Waals surface area contributed by atoms with Gasteiger partial charge in [0, 0.05) is 12.8 Å². The lowest BCUT2D eigenvalue weighted by atomic mass is 9.78. The van der Waals surface area contributed by atoms with E-state index in [0.29, 0.717) is 12.1 Å². The predicted molar refractivity (Wildman–Crippen MR) is 111 cm³/mol. The molecule has 0 heterocycles. The standard InChI is InChI=1S/C20H27F3N2O8S/c1-10(2)15(17(28)33-3)24-18(29)19(30)8-13(16(27)14(26)9-19)25-34(31,32)12-6-4-5-11(7-12)20(21,22)23/h4-7,10,13-16,25-27,30H,8-9H2,1-3H3,(H,24,29)/t13-,14+,15+,16+,19+/m0/s1. The summed E-state index contributed by atoms with van der Waals surface area (Å²) in [6.07, 6.45) is -9.78. The molecule has 0 radical (unpaired) electrons. The monoisotopic (exact) mass is 512 g/mol. The third-order valence-electron chi connectivity index (χ3n) is 5.52. The summed E-state index contributed by atoms with van der Waals surface area (Å²) in [7, 11) is -3.57. The van der Waals surface area contributed by atoms with Gasteiger partial charge < -0.3 is 25.4 Å². The van der Waals surface area contributed by atoms with Gasteiger partial charge in [0.2, 0.25) is 10.0 Å². The van der Waals surface area contributed by atoms with Gasteiger partial charge in [0.25, 0.3) is 5.91 Å². The van der Waals surface area contributed by atoms with Crippen LogP contribution in [0.3, 0.4) is 0 Å². The van der Waals surface area contributed by atoms with Crippen LogP contribution in [0.25, 0.3) is 0 Å². The van der Waals surface area contributed by atoms with Crippen molar-refractivity contribution in [1.82, 2.24) is 10.0 Å². The molecule has 192 valence electrons. The molecule has 1 aromatic rings. The van der Waals surface area contributed by atoms with Crippen molar-refractivity contribution in [3.63, 3.8) is 0 Å². The Balaban J connectivity index is 2.29. The second-order valence-corrected chi connectivity index (χ2v) is 10.2. The van der Waals surface area contributed by atoms with Gasteiger partial charge >= 0.3 is 12.1 Å². The number of hydrogen-bond acceptors (Lipinski definition) is 8. The lowest BCUT2D eigenvalue weighted by molar-refractivity contribution is -0.161. The molecule has 5 atom stereocenters. The van der Waals surface area contributed by atoms with E-state index in [1.807, 2.05) is 4.72 Å². The molecular weight excluding hydrogens is 485 g/mol. The highest BCUT2D eigenvalue weighted by molar-refractivity contribution is 7.89. The van der Waals surface area contributed by atoms with Crippen LogP contribution in [0.15, 0.2) is 29.2 Å². The molecule has 1 aliphatic carbocycles. The molecule has 1 aliphatic rings. The molecule has 2 rings (SSSR count). The van der Waals surface area contributed by atoms with E-state index in [9.17, 15) is 46.5 Å². The maximum atomic E-state index is 13.0. The zero-order chi connectivity index (χ0) is 26.1. The predicted octanol–water partition coefficient (Wildman–Crippen LogP) is -0.0872. The van der Waals surface area contributed by atoms with Crippen molar-refractivity contribution < 1.29 is 51.2 Å². The van der Waals surface area contributed by atoms with Crippen molar-refractivity contribution >= 4 is 21.9 Å². The number of rotatable bonds is 7. The molecule has 1 saturated carbocycles. The fraction of sp³-hybridized carbons (Fsp3) is 0.600. The maximum Gasteiger partial charge on any atom is 0.416 e. The number of hydrogen-bond donors (Lipinski definition) is 5. The molecule has 0 saturated heterocycles. The van der Waals surface area contributed by atoms with Crippen LogP contribution in [-0.4, -0.2) is 72.6 Å². The van der Waals surface area contributed by atoms with Crippen molar-refractivity contribution in [2.24, 2.45) is 5.92 Å². The van der Waals surface area contributed by atoms with Crippen LogP contribution in [0.5, 0.6) is 0 Å². The average molecular weight is 513 g/mol. The van der Waals surface area contributed by atoms with E-state index >= 15 is 0 Å². The Labute approximate surface area is 194 Å². The number of aliphatic hydroxyl groups excluding tert-OH is 2. The van der Waals surface area contributed by atoms with Gasteiger partial charge in [-0.2, -0.15) is 13.2 Å². The number of ether oxygens (including phenoxy) is 1. The molecule has 0 aromatic heterocycles. The fourth-order valence-corrected chi connectivity index (χ4v) is 4.90. The molecule has 14 heteroatoms. The molecule has 1 amide bonds. The number of amides is 1. The number of nitrogens with one attached hydrogen (secondary N) is 2. The van der Waals surface area contributed by atoms with Crippen molar-refractivity contribution in [2.45, 2.75) is 67.7 Å².